The van der Waals surface area contributed by atoms with Gasteiger partial charge in [0, 0.05) is 0 Å². The molecule has 1 rings (SSSR count). The van der Waals surface area contributed by atoms with E-state index in [-0.39, 0.29) is 0 Å². The van der Waals surface area contributed by atoms with Gasteiger partial charge in [-0.2, -0.15) is 0 Å². The van der Waals surface area contributed by atoms with E-state index >= 15 is 0 Å². The molecule has 1 aromatic carbocycles. The fourth-order valence-electron chi connectivity index (χ4n) is 2.78. The standard InChI is InChI=1S/C19H32O/c1-5-6-7-8-9-10-11-13-17-14-12-15-18(16(2)3)19(17)20-4/h12,14-16H,5-11,13H2,1-4H3. The molecule has 0 aliphatic rings. The summed E-state index contributed by atoms with van der Waals surface area (Å²) in [7, 11) is 1.80. The van der Waals surface area contributed by atoms with E-state index in [0.717, 1.165) is 12.2 Å². The number of unbranched alkanes of at least 4 members (excludes halogenated alkanes) is 6. The van der Waals surface area contributed by atoms with Crippen molar-refractivity contribution < 1.29 is 4.74 Å². The van der Waals surface area contributed by atoms with Gasteiger partial charge in [-0.15, -0.1) is 0 Å². The summed E-state index contributed by atoms with van der Waals surface area (Å²) in [5, 5.41) is 0. The van der Waals surface area contributed by atoms with Crippen molar-refractivity contribution in [2.75, 3.05) is 7.11 Å². The Labute approximate surface area is 125 Å². The Morgan fingerprint density at radius 3 is 2.20 bits per heavy atom. The van der Waals surface area contributed by atoms with Gasteiger partial charge in [-0.3, -0.25) is 0 Å². The third kappa shape index (κ3) is 5.56. The first-order valence-corrected chi connectivity index (χ1v) is 8.36. The average Bonchev–Trinajstić information content (AvgIpc) is 2.45. The number of hydrogen-bond donors (Lipinski definition) is 0. The largest absolute Gasteiger partial charge is 0.496 e. The van der Waals surface area contributed by atoms with Crippen LogP contribution in [0.1, 0.15) is 82.8 Å². The number of ether oxygens (including phenoxy) is 1. The molecule has 0 saturated carbocycles. The number of methoxy groups -OCH3 is 1. The molecule has 0 aliphatic heterocycles. The minimum absolute atomic E-state index is 0.527. The second kappa shape index (κ2) is 9.85. The summed E-state index contributed by atoms with van der Waals surface area (Å²) in [5.41, 5.74) is 2.72. The van der Waals surface area contributed by atoms with Crippen LogP contribution in [-0.4, -0.2) is 7.11 Å². The smallest absolute Gasteiger partial charge is 0.125 e. The lowest BCUT2D eigenvalue weighted by Gasteiger charge is -2.15. The van der Waals surface area contributed by atoms with Crippen molar-refractivity contribution >= 4 is 0 Å². The fourth-order valence-corrected chi connectivity index (χ4v) is 2.78. The van der Waals surface area contributed by atoms with E-state index in [0.29, 0.717) is 5.92 Å². The highest BCUT2D eigenvalue weighted by atomic mass is 16.5. The summed E-state index contributed by atoms with van der Waals surface area (Å²) >= 11 is 0. The Balaban J connectivity index is 2.42. The summed E-state index contributed by atoms with van der Waals surface area (Å²) in [4.78, 5) is 0. The van der Waals surface area contributed by atoms with Gasteiger partial charge in [0.2, 0.25) is 0 Å². The Bertz CT molecular complexity index is 368. The lowest BCUT2D eigenvalue weighted by atomic mass is 9.96. The molecular weight excluding hydrogens is 244 g/mol. The van der Waals surface area contributed by atoms with Gasteiger partial charge in [0.1, 0.15) is 5.75 Å². The van der Waals surface area contributed by atoms with Crippen LogP contribution in [0.2, 0.25) is 0 Å². The van der Waals surface area contributed by atoms with Crippen molar-refractivity contribution in [2.45, 2.75) is 78.1 Å². The number of para-hydroxylation sites is 1. The molecular formula is C19H32O. The zero-order chi connectivity index (χ0) is 14.8. The molecule has 20 heavy (non-hydrogen) atoms. The highest BCUT2D eigenvalue weighted by molar-refractivity contribution is 5.43. The van der Waals surface area contributed by atoms with Crippen LogP contribution in [0.25, 0.3) is 0 Å². The third-order valence-corrected chi connectivity index (χ3v) is 4.00. The van der Waals surface area contributed by atoms with Crippen LogP contribution in [0, 0.1) is 0 Å². The van der Waals surface area contributed by atoms with Crippen molar-refractivity contribution in [3.05, 3.63) is 29.3 Å². The number of aryl methyl sites for hydroxylation is 1. The van der Waals surface area contributed by atoms with Crippen molar-refractivity contribution in [1.82, 2.24) is 0 Å². The predicted molar refractivity (Wildman–Crippen MR) is 88.8 cm³/mol. The molecule has 0 N–H and O–H groups in total. The zero-order valence-corrected chi connectivity index (χ0v) is 13.9. The van der Waals surface area contributed by atoms with Crippen LogP contribution in [-0.2, 0) is 6.42 Å². The van der Waals surface area contributed by atoms with Crippen LogP contribution < -0.4 is 4.74 Å². The summed E-state index contributed by atoms with van der Waals surface area (Å²) in [6, 6.07) is 6.59. The molecule has 0 fully saturated rings. The van der Waals surface area contributed by atoms with Gasteiger partial charge in [-0.25, -0.2) is 0 Å². The molecule has 0 heterocycles. The number of benzene rings is 1. The minimum Gasteiger partial charge on any atom is -0.496 e. The molecule has 0 aromatic heterocycles. The van der Waals surface area contributed by atoms with E-state index in [9.17, 15) is 0 Å². The van der Waals surface area contributed by atoms with E-state index in [1.165, 1.54) is 56.1 Å². The SMILES string of the molecule is CCCCCCCCCc1cccc(C(C)C)c1OC. The normalized spacial score (nSPS) is 11.1. The molecule has 0 bridgehead atoms. The number of rotatable bonds is 10. The van der Waals surface area contributed by atoms with E-state index in [1.54, 1.807) is 7.11 Å². The lowest BCUT2D eigenvalue weighted by Crippen LogP contribution is -1.99. The maximum absolute atomic E-state index is 5.65. The quantitative estimate of drug-likeness (QED) is 0.468. The van der Waals surface area contributed by atoms with E-state index in [4.69, 9.17) is 4.74 Å². The zero-order valence-electron chi connectivity index (χ0n) is 13.9. The molecule has 0 radical (unpaired) electrons. The number of hydrogen-bond acceptors (Lipinski definition) is 1. The van der Waals surface area contributed by atoms with Gasteiger partial charge in [0.05, 0.1) is 7.11 Å². The topological polar surface area (TPSA) is 9.23 Å². The van der Waals surface area contributed by atoms with Crippen molar-refractivity contribution in [3.63, 3.8) is 0 Å². The molecule has 0 aliphatic carbocycles. The minimum atomic E-state index is 0.527. The van der Waals surface area contributed by atoms with Crippen LogP contribution in [0.15, 0.2) is 18.2 Å². The average molecular weight is 276 g/mol. The van der Waals surface area contributed by atoms with E-state index in [2.05, 4.69) is 39.0 Å². The molecule has 1 heteroatoms. The first-order chi connectivity index (χ1) is 9.70. The Kier molecular flexibility index (Phi) is 8.41. The van der Waals surface area contributed by atoms with Gasteiger partial charge >= 0.3 is 0 Å². The summed E-state index contributed by atoms with van der Waals surface area (Å²) in [6.45, 7) is 6.73. The molecule has 0 atom stereocenters. The molecule has 0 saturated heterocycles. The monoisotopic (exact) mass is 276 g/mol. The maximum Gasteiger partial charge on any atom is 0.125 e. The van der Waals surface area contributed by atoms with Gasteiger partial charge in [-0.05, 0) is 29.9 Å². The second-order valence-corrected chi connectivity index (χ2v) is 6.07. The Hall–Kier alpha value is -0.980. The highest BCUT2D eigenvalue weighted by Gasteiger charge is 2.11. The molecule has 0 spiro atoms. The summed E-state index contributed by atoms with van der Waals surface area (Å²) in [5.74, 6) is 1.65. The molecule has 0 unspecified atom stereocenters. The molecule has 1 aromatic rings. The van der Waals surface area contributed by atoms with Gasteiger partial charge in [-0.1, -0.05) is 77.5 Å². The highest BCUT2D eigenvalue weighted by Crippen LogP contribution is 2.31. The van der Waals surface area contributed by atoms with Gasteiger partial charge < -0.3 is 4.74 Å². The van der Waals surface area contributed by atoms with Crippen LogP contribution in [0.3, 0.4) is 0 Å². The second-order valence-electron chi connectivity index (χ2n) is 6.07. The predicted octanol–water partition coefficient (Wildman–Crippen LogP) is 6.11. The molecule has 1 nitrogen and oxygen atoms in total. The Morgan fingerprint density at radius 1 is 0.950 bits per heavy atom. The Morgan fingerprint density at radius 2 is 1.60 bits per heavy atom. The fraction of sp³-hybridized carbons (Fsp3) is 0.684. The lowest BCUT2D eigenvalue weighted by molar-refractivity contribution is 0.401. The molecule has 0 amide bonds. The first-order valence-electron chi connectivity index (χ1n) is 8.36. The van der Waals surface area contributed by atoms with Crippen molar-refractivity contribution in [1.29, 1.82) is 0 Å². The maximum atomic E-state index is 5.65. The van der Waals surface area contributed by atoms with Crippen molar-refractivity contribution in [2.24, 2.45) is 0 Å². The summed E-state index contributed by atoms with van der Waals surface area (Å²) < 4.78 is 5.65. The third-order valence-electron chi connectivity index (χ3n) is 4.00. The van der Waals surface area contributed by atoms with E-state index < -0.39 is 0 Å². The molecule has 114 valence electrons. The van der Waals surface area contributed by atoms with Crippen molar-refractivity contribution in [3.8, 4) is 5.75 Å². The van der Waals surface area contributed by atoms with Gasteiger partial charge in [0.25, 0.3) is 0 Å². The first kappa shape index (κ1) is 17.1. The van der Waals surface area contributed by atoms with Crippen LogP contribution in [0.5, 0.6) is 5.75 Å². The van der Waals surface area contributed by atoms with Gasteiger partial charge in [0.15, 0.2) is 0 Å². The van der Waals surface area contributed by atoms with Crippen LogP contribution in [0.4, 0.5) is 0 Å². The summed E-state index contributed by atoms with van der Waals surface area (Å²) in [6.07, 6.45) is 10.7. The van der Waals surface area contributed by atoms with E-state index in [1.807, 2.05) is 0 Å². The van der Waals surface area contributed by atoms with Crippen LogP contribution >= 0.6 is 0 Å².